The van der Waals surface area contributed by atoms with Gasteiger partial charge in [0.15, 0.2) is 0 Å². The van der Waals surface area contributed by atoms with Crippen LogP contribution >= 0.6 is 0 Å². The van der Waals surface area contributed by atoms with Crippen LogP contribution in [-0.2, 0) is 0 Å². The van der Waals surface area contributed by atoms with Gasteiger partial charge in [0.1, 0.15) is 6.04 Å². The van der Waals surface area contributed by atoms with Crippen molar-refractivity contribution in [3.8, 4) is 6.07 Å². The molecule has 1 atom stereocenters. The van der Waals surface area contributed by atoms with E-state index in [4.69, 9.17) is 5.26 Å². The van der Waals surface area contributed by atoms with Crippen molar-refractivity contribution < 1.29 is 0 Å². The molecule has 3 heteroatoms. The van der Waals surface area contributed by atoms with E-state index in [9.17, 15) is 0 Å². The number of nitrogens with zero attached hydrogens (tertiary/aromatic N) is 2. The summed E-state index contributed by atoms with van der Waals surface area (Å²) < 4.78 is 0. The first-order valence-corrected chi connectivity index (χ1v) is 7.05. The third kappa shape index (κ3) is 3.97. The van der Waals surface area contributed by atoms with Crippen LogP contribution in [0.1, 0.15) is 46.5 Å². The molecule has 0 aliphatic carbocycles. The van der Waals surface area contributed by atoms with Gasteiger partial charge in [-0.05, 0) is 37.9 Å². The number of rotatable bonds is 6. The zero-order chi connectivity index (χ0) is 12.7. The van der Waals surface area contributed by atoms with Crippen LogP contribution in [0.15, 0.2) is 0 Å². The second-order valence-electron chi connectivity index (χ2n) is 5.25. The molecule has 0 amide bonds. The van der Waals surface area contributed by atoms with Crippen molar-refractivity contribution in [2.45, 2.75) is 52.5 Å². The maximum atomic E-state index is 9.04. The highest BCUT2D eigenvalue weighted by Crippen LogP contribution is 2.37. The van der Waals surface area contributed by atoms with Gasteiger partial charge in [0.2, 0.25) is 0 Å². The lowest BCUT2D eigenvalue weighted by Crippen LogP contribution is -2.46. The highest BCUT2D eigenvalue weighted by atomic mass is 15.2. The summed E-state index contributed by atoms with van der Waals surface area (Å²) in [6.45, 7) is 10.8. The molecule has 1 N–H and O–H groups in total. The molecule has 0 spiro atoms. The third-order valence-electron chi connectivity index (χ3n) is 4.46. The maximum Gasteiger partial charge on any atom is 0.108 e. The summed E-state index contributed by atoms with van der Waals surface area (Å²) in [7, 11) is 0. The van der Waals surface area contributed by atoms with Crippen LogP contribution in [0.3, 0.4) is 0 Å². The quantitative estimate of drug-likeness (QED) is 0.771. The van der Waals surface area contributed by atoms with E-state index in [2.05, 4.69) is 37.1 Å². The molecule has 0 aromatic carbocycles. The van der Waals surface area contributed by atoms with Crippen LogP contribution in [-0.4, -0.2) is 37.1 Å². The van der Waals surface area contributed by atoms with E-state index in [1.54, 1.807) is 0 Å². The number of hydrogen-bond acceptors (Lipinski definition) is 3. The molecular weight excluding hydrogens is 210 g/mol. The van der Waals surface area contributed by atoms with Gasteiger partial charge >= 0.3 is 0 Å². The molecule has 17 heavy (non-hydrogen) atoms. The average molecular weight is 237 g/mol. The summed E-state index contributed by atoms with van der Waals surface area (Å²) in [4.78, 5) is 2.44. The Kier molecular flexibility index (Phi) is 5.94. The molecule has 98 valence electrons. The second kappa shape index (κ2) is 6.98. The first kappa shape index (κ1) is 14.5. The number of nitriles is 1. The van der Waals surface area contributed by atoms with Crippen molar-refractivity contribution >= 4 is 0 Å². The predicted molar refractivity (Wildman–Crippen MR) is 71.8 cm³/mol. The van der Waals surface area contributed by atoms with Gasteiger partial charge in [-0.1, -0.05) is 33.6 Å². The van der Waals surface area contributed by atoms with Gasteiger partial charge in [0, 0.05) is 6.54 Å². The summed E-state index contributed by atoms with van der Waals surface area (Å²) in [5.41, 5.74) is 0.580. The zero-order valence-corrected chi connectivity index (χ0v) is 11.6. The minimum absolute atomic E-state index is 0.00393. The first-order chi connectivity index (χ1) is 8.19. The molecule has 3 nitrogen and oxygen atoms in total. The maximum absolute atomic E-state index is 9.04. The lowest BCUT2D eigenvalue weighted by atomic mass is 9.74. The van der Waals surface area contributed by atoms with Crippen LogP contribution in [0, 0.1) is 16.7 Å². The largest absolute Gasteiger partial charge is 0.301 e. The second-order valence-corrected chi connectivity index (χ2v) is 5.25. The van der Waals surface area contributed by atoms with Crippen molar-refractivity contribution in [2.24, 2.45) is 5.41 Å². The van der Waals surface area contributed by atoms with Gasteiger partial charge < -0.3 is 10.2 Å². The number of nitrogens with one attached hydrogen (secondary N) is 1. The predicted octanol–water partition coefficient (Wildman–Crippen LogP) is 2.39. The number of hydrogen-bond donors (Lipinski definition) is 1. The van der Waals surface area contributed by atoms with Crippen LogP contribution in [0.2, 0.25) is 0 Å². The fourth-order valence-corrected chi connectivity index (χ4v) is 2.82. The Morgan fingerprint density at radius 1 is 1.24 bits per heavy atom. The van der Waals surface area contributed by atoms with Gasteiger partial charge in [0.05, 0.1) is 6.07 Å². The topological polar surface area (TPSA) is 39.1 Å². The molecule has 1 fully saturated rings. The highest BCUT2D eigenvalue weighted by molar-refractivity contribution is 4.93. The SMILES string of the molecule is CCNC(C#N)CN1CCC(CC)(CC)CC1. The molecule has 1 rings (SSSR count). The van der Waals surface area contributed by atoms with E-state index in [1.165, 1.54) is 25.7 Å². The average Bonchev–Trinajstić information content (AvgIpc) is 2.39. The number of likely N-dealkylation sites (N-methyl/N-ethyl adjacent to an activating group) is 1. The van der Waals surface area contributed by atoms with Gasteiger partial charge in [-0.25, -0.2) is 0 Å². The van der Waals surface area contributed by atoms with Gasteiger partial charge in [-0.3, -0.25) is 0 Å². The summed E-state index contributed by atoms with van der Waals surface area (Å²) in [5.74, 6) is 0. The van der Waals surface area contributed by atoms with Crippen LogP contribution in [0.25, 0.3) is 0 Å². The normalized spacial score (nSPS) is 22.0. The van der Waals surface area contributed by atoms with Crippen molar-refractivity contribution in [1.29, 1.82) is 5.26 Å². The third-order valence-corrected chi connectivity index (χ3v) is 4.46. The molecule has 0 bridgehead atoms. The Morgan fingerprint density at radius 2 is 1.82 bits per heavy atom. The van der Waals surface area contributed by atoms with Crippen molar-refractivity contribution in [2.75, 3.05) is 26.2 Å². The Bertz CT molecular complexity index is 243. The monoisotopic (exact) mass is 237 g/mol. The molecule has 0 radical (unpaired) electrons. The molecule has 1 aliphatic rings. The molecular formula is C14H27N3. The van der Waals surface area contributed by atoms with E-state index < -0.39 is 0 Å². The molecule has 1 unspecified atom stereocenters. The summed E-state index contributed by atoms with van der Waals surface area (Å²) >= 11 is 0. The van der Waals surface area contributed by atoms with Crippen molar-refractivity contribution in [3.05, 3.63) is 0 Å². The standard InChI is InChI=1S/C14H27N3/c1-4-14(5-2)7-9-17(10-8-14)12-13(11-15)16-6-3/h13,16H,4-10,12H2,1-3H3. The Hall–Kier alpha value is -0.590. The highest BCUT2D eigenvalue weighted by Gasteiger charge is 2.31. The molecule has 0 saturated carbocycles. The van der Waals surface area contributed by atoms with Crippen molar-refractivity contribution in [1.82, 2.24) is 10.2 Å². The van der Waals surface area contributed by atoms with E-state index in [1.807, 2.05) is 0 Å². The minimum Gasteiger partial charge on any atom is -0.301 e. The van der Waals surface area contributed by atoms with E-state index in [0.29, 0.717) is 5.41 Å². The van der Waals surface area contributed by atoms with Gasteiger partial charge in [-0.2, -0.15) is 5.26 Å². The van der Waals surface area contributed by atoms with E-state index in [-0.39, 0.29) is 6.04 Å². The van der Waals surface area contributed by atoms with Crippen LogP contribution in [0.5, 0.6) is 0 Å². The summed E-state index contributed by atoms with van der Waals surface area (Å²) in [6.07, 6.45) is 5.19. The number of piperidine rings is 1. The van der Waals surface area contributed by atoms with Gasteiger partial charge in [-0.15, -0.1) is 0 Å². The van der Waals surface area contributed by atoms with Crippen LogP contribution < -0.4 is 5.32 Å². The van der Waals surface area contributed by atoms with E-state index in [0.717, 1.165) is 26.2 Å². The first-order valence-electron chi connectivity index (χ1n) is 7.05. The number of likely N-dealkylation sites (tertiary alicyclic amines) is 1. The summed E-state index contributed by atoms with van der Waals surface area (Å²) in [5, 5.41) is 12.3. The Balaban J connectivity index is 2.39. The zero-order valence-electron chi connectivity index (χ0n) is 11.6. The lowest BCUT2D eigenvalue weighted by Gasteiger charge is -2.41. The molecule has 0 aromatic heterocycles. The Morgan fingerprint density at radius 3 is 2.24 bits per heavy atom. The van der Waals surface area contributed by atoms with Gasteiger partial charge in [0.25, 0.3) is 0 Å². The smallest absolute Gasteiger partial charge is 0.108 e. The Labute approximate surface area is 106 Å². The fourth-order valence-electron chi connectivity index (χ4n) is 2.82. The lowest BCUT2D eigenvalue weighted by molar-refractivity contribution is 0.0924. The van der Waals surface area contributed by atoms with Crippen molar-refractivity contribution in [3.63, 3.8) is 0 Å². The van der Waals surface area contributed by atoms with Crippen LogP contribution in [0.4, 0.5) is 0 Å². The molecule has 0 aromatic rings. The fraction of sp³-hybridized carbons (Fsp3) is 0.929. The molecule has 1 heterocycles. The van der Waals surface area contributed by atoms with E-state index >= 15 is 0 Å². The molecule has 1 saturated heterocycles. The summed E-state index contributed by atoms with van der Waals surface area (Å²) in [6, 6.07) is 2.34. The minimum atomic E-state index is -0.00393. The molecule has 1 aliphatic heterocycles.